The summed E-state index contributed by atoms with van der Waals surface area (Å²) in [5, 5.41) is 0. The van der Waals surface area contributed by atoms with Gasteiger partial charge in [-0.3, -0.25) is 0 Å². The van der Waals surface area contributed by atoms with Gasteiger partial charge in [-0.25, -0.2) is 4.98 Å². The van der Waals surface area contributed by atoms with Crippen LogP contribution in [0.5, 0.6) is 5.75 Å². The van der Waals surface area contributed by atoms with Crippen LogP contribution >= 0.6 is 0 Å². The number of nitrogens with zero attached hydrogens (tertiary/aromatic N) is 2. The molecule has 0 radical (unpaired) electrons. The zero-order chi connectivity index (χ0) is 13.7. The van der Waals surface area contributed by atoms with Gasteiger partial charge in [0.25, 0.3) is 0 Å². The van der Waals surface area contributed by atoms with E-state index in [1.165, 1.54) is 18.4 Å². The number of nitrogen functional groups attached to an aromatic ring is 1. The highest BCUT2D eigenvalue weighted by atomic mass is 16.5. The van der Waals surface area contributed by atoms with Crippen LogP contribution in [0.3, 0.4) is 0 Å². The van der Waals surface area contributed by atoms with Gasteiger partial charge >= 0.3 is 0 Å². The minimum atomic E-state index is 0.615. The minimum Gasteiger partial charge on any atom is -0.493 e. The van der Waals surface area contributed by atoms with Crippen molar-refractivity contribution in [1.82, 2.24) is 9.55 Å². The monoisotopic (exact) mass is 269 g/mol. The van der Waals surface area contributed by atoms with Crippen molar-refractivity contribution in [3.05, 3.63) is 29.6 Å². The lowest BCUT2D eigenvalue weighted by Crippen LogP contribution is -2.04. The van der Waals surface area contributed by atoms with Crippen LogP contribution < -0.4 is 10.5 Å². The molecule has 0 amide bonds. The molecule has 104 valence electrons. The van der Waals surface area contributed by atoms with Gasteiger partial charge in [-0.1, -0.05) is 0 Å². The summed E-state index contributed by atoms with van der Waals surface area (Å²) in [5.74, 6) is 3.58. The number of ether oxygens (including phenoxy) is 1. The second kappa shape index (κ2) is 4.27. The summed E-state index contributed by atoms with van der Waals surface area (Å²) >= 11 is 0. The zero-order valence-corrected chi connectivity index (χ0v) is 11.7. The van der Waals surface area contributed by atoms with Crippen molar-refractivity contribution in [2.45, 2.75) is 38.6 Å². The number of hydrogen-bond donors (Lipinski definition) is 1. The van der Waals surface area contributed by atoms with Gasteiger partial charge in [0.15, 0.2) is 0 Å². The maximum atomic E-state index is 6.33. The van der Waals surface area contributed by atoms with Crippen LogP contribution in [0.25, 0.3) is 11.3 Å². The van der Waals surface area contributed by atoms with Crippen LogP contribution in [-0.4, -0.2) is 16.2 Å². The molecule has 4 rings (SSSR count). The van der Waals surface area contributed by atoms with Crippen molar-refractivity contribution in [3.63, 3.8) is 0 Å². The second-order valence-electron chi connectivity index (χ2n) is 5.64. The fourth-order valence-electron chi connectivity index (χ4n) is 3.02. The van der Waals surface area contributed by atoms with Crippen LogP contribution in [0, 0.1) is 0 Å². The highest BCUT2D eigenvalue weighted by Crippen LogP contribution is 2.42. The van der Waals surface area contributed by atoms with E-state index in [9.17, 15) is 0 Å². The summed E-state index contributed by atoms with van der Waals surface area (Å²) in [7, 11) is 0. The average Bonchev–Trinajstić information content (AvgIpc) is 3.10. The normalized spacial score (nSPS) is 17.1. The van der Waals surface area contributed by atoms with Gasteiger partial charge in [0.2, 0.25) is 0 Å². The number of fused-ring (bicyclic) bond motifs is 1. The largest absolute Gasteiger partial charge is 0.493 e. The number of anilines is 1. The molecule has 1 aromatic carbocycles. The van der Waals surface area contributed by atoms with E-state index < -0.39 is 0 Å². The van der Waals surface area contributed by atoms with Crippen molar-refractivity contribution in [3.8, 4) is 17.0 Å². The van der Waals surface area contributed by atoms with Crippen molar-refractivity contribution in [1.29, 1.82) is 0 Å². The molecule has 0 saturated heterocycles. The fourth-order valence-corrected chi connectivity index (χ4v) is 3.02. The smallest absolute Gasteiger partial charge is 0.131 e. The molecule has 2 aromatic rings. The predicted molar refractivity (Wildman–Crippen MR) is 78.9 cm³/mol. The number of hydrogen-bond acceptors (Lipinski definition) is 3. The Hall–Kier alpha value is -1.97. The molecule has 4 heteroatoms. The molecule has 1 aliphatic carbocycles. The molecule has 0 spiro atoms. The van der Waals surface area contributed by atoms with E-state index in [1.807, 2.05) is 6.07 Å². The van der Waals surface area contributed by atoms with Crippen molar-refractivity contribution >= 4 is 5.82 Å². The van der Waals surface area contributed by atoms with Crippen molar-refractivity contribution < 1.29 is 4.74 Å². The molecular formula is C16H19N3O. The van der Waals surface area contributed by atoms with Gasteiger partial charge in [-0.2, -0.15) is 0 Å². The molecule has 1 fully saturated rings. The first-order chi connectivity index (χ1) is 9.78. The summed E-state index contributed by atoms with van der Waals surface area (Å²) in [6.45, 7) is 3.80. The Morgan fingerprint density at radius 2 is 2.25 bits per heavy atom. The summed E-state index contributed by atoms with van der Waals surface area (Å²) in [4.78, 5) is 4.84. The Morgan fingerprint density at radius 3 is 3.00 bits per heavy atom. The van der Waals surface area contributed by atoms with Gasteiger partial charge < -0.3 is 15.0 Å². The van der Waals surface area contributed by atoms with Gasteiger partial charge in [0, 0.05) is 24.4 Å². The van der Waals surface area contributed by atoms with Crippen LogP contribution in [0.1, 0.15) is 37.1 Å². The molecule has 0 atom stereocenters. The maximum Gasteiger partial charge on any atom is 0.131 e. The Labute approximate surface area is 118 Å². The highest BCUT2D eigenvalue weighted by Gasteiger charge is 2.30. The lowest BCUT2D eigenvalue weighted by molar-refractivity contribution is 0.357. The molecule has 20 heavy (non-hydrogen) atoms. The standard InChI is InChI=1S/C16H19N3O/c1-2-19-15(17)14(18-16(19)10-3-4-10)12-5-6-13-11(9-12)7-8-20-13/h5-6,9-10H,2-4,7-8,17H2,1H3. The Bertz CT molecular complexity index is 671. The topological polar surface area (TPSA) is 53.1 Å². The first-order valence-electron chi connectivity index (χ1n) is 7.40. The summed E-state index contributed by atoms with van der Waals surface area (Å²) in [5.41, 5.74) is 9.64. The number of rotatable bonds is 3. The molecule has 1 aliphatic heterocycles. The molecule has 2 N–H and O–H groups in total. The van der Waals surface area contributed by atoms with Gasteiger partial charge in [-0.05, 0) is 43.5 Å². The molecule has 2 heterocycles. The predicted octanol–water partition coefficient (Wildman–Crippen LogP) is 2.96. The van der Waals surface area contributed by atoms with Crippen molar-refractivity contribution in [2.75, 3.05) is 12.3 Å². The minimum absolute atomic E-state index is 0.615. The highest BCUT2D eigenvalue weighted by molar-refractivity contribution is 5.73. The zero-order valence-electron chi connectivity index (χ0n) is 11.7. The van der Waals surface area contributed by atoms with E-state index in [0.29, 0.717) is 5.92 Å². The van der Waals surface area contributed by atoms with Crippen LogP contribution in [-0.2, 0) is 13.0 Å². The summed E-state index contributed by atoms with van der Waals surface area (Å²) in [6, 6.07) is 6.29. The molecule has 4 nitrogen and oxygen atoms in total. The first-order valence-corrected chi connectivity index (χ1v) is 7.40. The Balaban J connectivity index is 1.81. The van der Waals surface area contributed by atoms with E-state index >= 15 is 0 Å². The van der Waals surface area contributed by atoms with Gasteiger partial charge in [0.1, 0.15) is 23.1 Å². The third-order valence-corrected chi connectivity index (χ3v) is 4.26. The lowest BCUT2D eigenvalue weighted by Gasteiger charge is -2.06. The summed E-state index contributed by atoms with van der Waals surface area (Å²) < 4.78 is 7.72. The molecule has 1 aromatic heterocycles. The van der Waals surface area contributed by atoms with E-state index in [0.717, 1.165) is 48.2 Å². The Morgan fingerprint density at radius 1 is 1.40 bits per heavy atom. The van der Waals surface area contributed by atoms with Gasteiger partial charge in [0.05, 0.1) is 6.61 Å². The number of aromatic nitrogens is 2. The molecule has 2 aliphatic rings. The number of benzene rings is 1. The van der Waals surface area contributed by atoms with E-state index in [1.54, 1.807) is 0 Å². The molecule has 0 unspecified atom stereocenters. The van der Waals surface area contributed by atoms with Crippen molar-refractivity contribution in [2.24, 2.45) is 0 Å². The molecule has 1 saturated carbocycles. The third kappa shape index (κ3) is 1.71. The second-order valence-corrected chi connectivity index (χ2v) is 5.64. The Kier molecular flexibility index (Phi) is 2.52. The quantitative estimate of drug-likeness (QED) is 0.932. The van der Waals surface area contributed by atoms with E-state index in [2.05, 4.69) is 23.6 Å². The SMILES string of the molecule is CCn1c(C2CC2)nc(-c2ccc3c(c2)CCO3)c1N. The maximum absolute atomic E-state index is 6.33. The fraction of sp³-hybridized carbons (Fsp3) is 0.438. The van der Waals surface area contributed by atoms with E-state index in [4.69, 9.17) is 15.5 Å². The van der Waals surface area contributed by atoms with Gasteiger partial charge in [-0.15, -0.1) is 0 Å². The number of nitrogens with two attached hydrogens (primary N) is 1. The average molecular weight is 269 g/mol. The summed E-state index contributed by atoms with van der Waals surface area (Å²) in [6.07, 6.45) is 3.47. The molecular weight excluding hydrogens is 250 g/mol. The van der Waals surface area contributed by atoms with Crippen LogP contribution in [0.4, 0.5) is 5.82 Å². The third-order valence-electron chi connectivity index (χ3n) is 4.26. The molecule has 0 bridgehead atoms. The first kappa shape index (κ1) is 11.8. The van der Waals surface area contributed by atoms with E-state index in [-0.39, 0.29) is 0 Å². The van der Waals surface area contributed by atoms with Crippen LogP contribution in [0.2, 0.25) is 0 Å². The number of imidazole rings is 1. The van der Waals surface area contributed by atoms with Crippen LogP contribution in [0.15, 0.2) is 18.2 Å². The lowest BCUT2D eigenvalue weighted by atomic mass is 10.1.